The lowest BCUT2D eigenvalue weighted by atomic mass is 10.00. The van der Waals surface area contributed by atoms with Crippen LogP contribution in [0, 0.1) is 12.7 Å². The highest BCUT2D eigenvalue weighted by atomic mass is 35.5. The molecule has 5 heteroatoms. The van der Waals surface area contributed by atoms with Gasteiger partial charge in [0.1, 0.15) is 5.82 Å². The van der Waals surface area contributed by atoms with E-state index < -0.39 is 11.7 Å². The van der Waals surface area contributed by atoms with Gasteiger partial charge < -0.3 is 5.32 Å². The first-order chi connectivity index (χ1) is 12.4. The second-order valence-electron chi connectivity index (χ2n) is 6.18. The molecule has 1 N–H and O–H groups in total. The summed E-state index contributed by atoms with van der Waals surface area (Å²) in [5.74, 6) is -1.20. The Labute approximate surface area is 156 Å². The predicted octanol–water partition coefficient (Wildman–Crippen LogP) is 5.59. The number of pyridine rings is 1. The third kappa shape index (κ3) is 4.27. The number of amides is 1. The minimum atomic E-state index is -0.522. The maximum Gasteiger partial charge on any atom is 0.231 e. The zero-order valence-electron chi connectivity index (χ0n) is 14.5. The van der Waals surface area contributed by atoms with Crippen molar-refractivity contribution in [1.29, 1.82) is 0 Å². The Bertz CT molecular complexity index is 921. The second-order valence-corrected chi connectivity index (χ2v) is 6.61. The summed E-state index contributed by atoms with van der Waals surface area (Å²) in [7, 11) is 0. The van der Waals surface area contributed by atoms with Gasteiger partial charge in [0, 0.05) is 22.6 Å². The summed E-state index contributed by atoms with van der Waals surface area (Å²) in [6.07, 6.45) is 1.77. The van der Waals surface area contributed by atoms with Gasteiger partial charge in [-0.15, -0.1) is 0 Å². The Morgan fingerprint density at radius 2 is 1.81 bits per heavy atom. The Morgan fingerprint density at radius 3 is 2.46 bits per heavy atom. The smallest absolute Gasteiger partial charge is 0.231 e. The first-order valence-electron chi connectivity index (χ1n) is 8.22. The third-order valence-corrected chi connectivity index (χ3v) is 4.38. The quantitative estimate of drug-likeness (QED) is 0.652. The highest BCUT2D eigenvalue weighted by Gasteiger charge is 2.17. The van der Waals surface area contributed by atoms with Crippen LogP contribution in [0.25, 0.3) is 11.1 Å². The highest BCUT2D eigenvalue weighted by Crippen LogP contribution is 2.25. The molecule has 0 aliphatic heterocycles. The van der Waals surface area contributed by atoms with Crippen LogP contribution in [0.4, 0.5) is 10.1 Å². The molecular formula is C21H18ClFN2O. The predicted molar refractivity (Wildman–Crippen MR) is 103 cm³/mol. The van der Waals surface area contributed by atoms with Crippen molar-refractivity contribution >= 4 is 23.2 Å². The summed E-state index contributed by atoms with van der Waals surface area (Å²) >= 11 is 5.87. The van der Waals surface area contributed by atoms with E-state index in [-0.39, 0.29) is 10.9 Å². The standard InChI is InChI=1S/C21H18ClFN2O/c1-13-9-16(7-8-24-13)15-3-5-20(6-4-15)25-21(26)14(2)17-10-18(22)12-19(23)11-17/h3-12,14H,1-2H3,(H,25,26). The van der Waals surface area contributed by atoms with E-state index in [1.165, 1.54) is 12.1 Å². The van der Waals surface area contributed by atoms with E-state index in [2.05, 4.69) is 10.3 Å². The van der Waals surface area contributed by atoms with Crippen molar-refractivity contribution in [2.24, 2.45) is 0 Å². The Kier molecular flexibility index (Phi) is 5.33. The van der Waals surface area contributed by atoms with Crippen molar-refractivity contribution in [3.8, 4) is 11.1 Å². The van der Waals surface area contributed by atoms with E-state index in [9.17, 15) is 9.18 Å². The Hall–Kier alpha value is -2.72. The molecule has 0 saturated heterocycles. The second kappa shape index (κ2) is 7.67. The maximum atomic E-state index is 13.5. The van der Waals surface area contributed by atoms with E-state index in [0.717, 1.165) is 16.8 Å². The van der Waals surface area contributed by atoms with Crippen LogP contribution >= 0.6 is 11.6 Å². The van der Waals surface area contributed by atoms with Crippen molar-refractivity contribution in [3.63, 3.8) is 0 Å². The fourth-order valence-electron chi connectivity index (χ4n) is 2.70. The van der Waals surface area contributed by atoms with E-state index in [0.29, 0.717) is 11.3 Å². The molecule has 0 spiro atoms. The van der Waals surface area contributed by atoms with Gasteiger partial charge in [0.05, 0.1) is 5.92 Å². The molecule has 1 amide bonds. The molecule has 1 atom stereocenters. The number of halogens is 2. The molecule has 2 aromatic carbocycles. The van der Waals surface area contributed by atoms with Gasteiger partial charge in [0.25, 0.3) is 0 Å². The van der Waals surface area contributed by atoms with E-state index in [1.807, 2.05) is 43.3 Å². The molecule has 1 heterocycles. The van der Waals surface area contributed by atoms with Crippen LogP contribution in [0.5, 0.6) is 0 Å². The van der Waals surface area contributed by atoms with Gasteiger partial charge in [0.15, 0.2) is 0 Å². The molecule has 0 aliphatic carbocycles. The topological polar surface area (TPSA) is 42.0 Å². The molecular weight excluding hydrogens is 351 g/mol. The normalized spacial score (nSPS) is 11.8. The SMILES string of the molecule is Cc1cc(-c2ccc(NC(=O)C(C)c3cc(F)cc(Cl)c3)cc2)ccn1. The molecule has 0 radical (unpaired) electrons. The zero-order chi connectivity index (χ0) is 18.7. The number of carbonyl (C=O) groups is 1. The zero-order valence-corrected chi connectivity index (χ0v) is 15.2. The molecule has 0 aliphatic rings. The first kappa shape index (κ1) is 18.1. The molecule has 3 nitrogen and oxygen atoms in total. The molecule has 1 aromatic heterocycles. The molecule has 3 aromatic rings. The maximum absolute atomic E-state index is 13.5. The fraction of sp³-hybridized carbons (Fsp3) is 0.143. The monoisotopic (exact) mass is 368 g/mol. The van der Waals surface area contributed by atoms with Crippen molar-refractivity contribution in [2.75, 3.05) is 5.32 Å². The van der Waals surface area contributed by atoms with Gasteiger partial charge in [-0.3, -0.25) is 9.78 Å². The van der Waals surface area contributed by atoms with Crippen LogP contribution in [0.1, 0.15) is 24.1 Å². The van der Waals surface area contributed by atoms with E-state index >= 15 is 0 Å². The minimum absolute atomic E-state index is 0.223. The molecule has 0 fully saturated rings. The van der Waals surface area contributed by atoms with Crippen LogP contribution in [-0.4, -0.2) is 10.9 Å². The number of aromatic nitrogens is 1. The van der Waals surface area contributed by atoms with Crippen molar-refractivity contribution in [1.82, 2.24) is 4.98 Å². The largest absolute Gasteiger partial charge is 0.326 e. The van der Waals surface area contributed by atoms with Gasteiger partial charge >= 0.3 is 0 Å². The van der Waals surface area contributed by atoms with Crippen LogP contribution in [-0.2, 0) is 4.79 Å². The van der Waals surface area contributed by atoms with Crippen LogP contribution in [0.3, 0.4) is 0 Å². The molecule has 3 rings (SSSR count). The molecule has 132 valence electrons. The summed E-state index contributed by atoms with van der Waals surface area (Å²) in [4.78, 5) is 16.6. The van der Waals surface area contributed by atoms with Crippen LogP contribution in [0.15, 0.2) is 60.8 Å². The average Bonchev–Trinajstić information content (AvgIpc) is 2.61. The Morgan fingerprint density at radius 1 is 1.08 bits per heavy atom. The summed E-state index contributed by atoms with van der Waals surface area (Å²) in [6, 6.07) is 15.6. The summed E-state index contributed by atoms with van der Waals surface area (Å²) < 4.78 is 13.5. The number of carbonyl (C=O) groups excluding carboxylic acids is 1. The summed E-state index contributed by atoms with van der Waals surface area (Å²) in [5, 5.41) is 3.13. The molecule has 0 saturated carbocycles. The summed E-state index contributed by atoms with van der Waals surface area (Å²) in [6.45, 7) is 3.66. The van der Waals surface area contributed by atoms with Crippen molar-refractivity contribution in [3.05, 3.63) is 82.9 Å². The number of nitrogens with one attached hydrogen (secondary N) is 1. The van der Waals surface area contributed by atoms with Crippen molar-refractivity contribution in [2.45, 2.75) is 19.8 Å². The minimum Gasteiger partial charge on any atom is -0.326 e. The van der Waals surface area contributed by atoms with Gasteiger partial charge in [-0.25, -0.2) is 4.39 Å². The van der Waals surface area contributed by atoms with Gasteiger partial charge in [0.2, 0.25) is 5.91 Å². The number of aryl methyl sites for hydroxylation is 1. The number of rotatable bonds is 4. The molecule has 1 unspecified atom stereocenters. The van der Waals surface area contributed by atoms with Gasteiger partial charge in [-0.05, 0) is 73.0 Å². The number of anilines is 1. The van der Waals surface area contributed by atoms with Crippen molar-refractivity contribution < 1.29 is 9.18 Å². The summed E-state index contributed by atoms with van der Waals surface area (Å²) in [5.41, 5.74) is 4.27. The number of hydrogen-bond acceptors (Lipinski definition) is 2. The number of hydrogen-bond donors (Lipinski definition) is 1. The third-order valence-electron chi connectivity index (χ3n) is 4.16. The van der Waals surface area contributed by atoms with Crippen LogP contribution < -0.4 is 5.32 Å². The lowest BCUT2D eigenvalue weighted by molar-refractivity contribution is -0.117. The van der Waals surface area contributed by atoms with E-state index in [4.69, 9.17) is 11.6 Å². The molecule has 0 bridgehead atoms. The first-order valence-corrected chi connectivity index (χ1v) is 8.60. The Balaban J connectivity index is 1.73. The number of benzene rings is 2. The lowest BCUT2D eigenvalue weighted by Crippen LogP contribution is -2.19. The van der Waals surface area contributed by atoms with Gasteiger partial charge in [-0.1, -0.05) is 23.7 Å². The molecule has 26 heavy (non-hydrogen) atoms. The number of nitrogens with zero attached hydrogens (tertiary/aromatic N) is 1. The van der Waals surface area contributed by atoms with E-state index in [1.54, 1.807) is 19.2 Å². The fourth-order valence-corrected chi connectivity index (χ4v) is 2.93. The lowest BCUT2D eigenvalue weighted by Gasteiger charge is -2.13. The highest BCUT2D eigenvalue weighted by molar-refractivity contribution is 6.30. The van der Waals surface area contributed by atoms with Crippen LogP contribution in [0.2, 0.25) is 5.02 Å². The average molecular weight is 369 g/mol. The van der Waals surface area contributed by atoms with Gasteiger partial charge in [-0.2, -0.15) is 0 Å².